The van der Waals surface area contributed by atoms with E-state index >= 15 is 0 Å². The van der Waals surface area contributed by atoms with Crippen LogP contribution in [0.25, 0.3) is 0 Å². The van der Waals surface area contributed by atoms with E-state index in [1.807, 2.05) is 7.05 Å². The van der Waals surface area contributed by atoms with Crippen molar-refractivity contribution in [3.8, 4) is 6.01 Å². The summed E-state index contributed by atoms with van der Waals surface area (Å²) in [6.45, 7) is 5.11. The van der Waals surface area contributed by atoms with Crippen molar-refractivity contribution in [1.29, 1.82) is 0 Å². The monoisotopic (exact) mass is 537 g/mol. The zero-order chi connectivity index (χ0) is 27.3. The average Bonchev–Trinajstić information content (AvgIpc) is 2.92. The maximum atomic E-state index is 13.1. The first-order valence-corrected chi connectivity index (χ1v) is 14.3. The quantitative estimate of drug-likeness (QED) is 0.152. The molecule has 1 amide bonds. The summed E-state index contributed by atoms with van der Waals surface area (Å²) >= 11 is 1.46. The predicted octanol–water partition coefficient (Wildman–Crippen LogP) is 5.05. The van der Waals surface area contributed by atoms with E-state index in [1.165, 1.54) is 50.1 Å². The molecule has 0 atom stereocenters. The van der Waals surface area contributed by atoms with Crippen molar-refractivity contribution in [2.75, 3.05) is 20.7 Å². The summed E-state index contributed by atoms with van der Waals surface area (Å²) in [6.07, 6.45) is 12.4. The summed E-state index contributed by atoms with van der Waals surface area (Å²) in [6, 6.07) is 8.55. The lowest BCUT2D eigenvalue weighted by Crippen LogP contribution is -2.32. The van der Waals surface area contributed by atoms with Crippen LogP contribution in [0.5, 0.6) is 6.01 Å². The molecule has 1 aromatic carbocycles. The number of methoxy groups -OCH3 is 1. The van der Waals surface area contributed by atoms with Crippen molar-refractivity contribution in [1.82, 2.24) is 24.4 Å². The molecule has 0 saturated carbocycles. The third-order valence-corrected chi connectivity index (χ3v) is 7.42. The number of unbranched alkanes of at least 4 members (excludes halogenated alkanes) is 5. The van der Waals surface area contributed by atoms with Crippen LogP contribution in [-0.4, -0.2) is 51.0 Å². The molecule has 0 fully saturated rings. The summed E-state index contributed by atoms with van der Waals surface area (Å²) in [5, 5.41) is 0.534. The number of aromatic nitrogens is 4. The highest BCUT2D eigenvalue weighted by atomic mass is 32.2. The van der Waals surface area contributed by atoms with Crippen molar-refractivity contribution in [2.24, 2.45) is 0 Å². The fourth-order valence-electron chi connectivity index (χ4n) is 3.98. The molecule has 0 unspecified atom stereocenters. The van der Waals surface area contributed by atoms with Crippen molar-refractivity contribution >= 4 is 17.7 Å². The molecule has 0 radical (unpaired) electrons. The number of likely N-dealkylation sites (N-methyl/N-ethyl adjacent to an activating group) is 1. The van der Waals surface area contributed by atoms with Gasteiger partial charge in [-0.3, -0.25) is 9.59 Å². The van der Waals surface area contributed by atoms with E-state index in [0.717, 1.165) is 30.5 Å². The molecule has 9 heteroatoms. The number of thioether (sulfide) groups is 1. The molecule has 3 rings (SSSR count). The van der Waals surface area contributed by atoms with Gasteiger partial charge >= 0.3 is 6.01 Å². The largest absolute Gasteiger partial charge is 0.467 e. The second-order valence-electron chi connectivity index (χ2n) is 9.59. The van der Waals surface area contributed by atoms with Crippen LogP contribution in [0.15, 0.2) is 52.8 Å². The normalized spacial score (nSPS) is 10.9. The van der Waals surface area contributed by atoms with Crippen LogP contribution in [0, 0.1) is 6.92 Å². The first-order valence-electron chi connectivity index (χ1n) is 13.3. The molecule has 2 aromatic heterocycles. The van der Waals surface area contributed by atoms with Crippen molar-refractivity contribution in [3.05, 3.63) is 75.5 Å². The lowest BCUT2D eigenvalue weighted by Gasteiger charge is -2.20. The number of hydrogen-bond acceptors (Lipinski definition) is 7. The van der Waals surface area contributed by atoms with Gasteiger partial charge in [0.25, 0.3) is 5.56 Å². The summed E-state index contributed by atoms with van der Waals surface area (Å²) in [4.78, 5) is 40.5. The van der Waals surface area contributed by atoms with Gasteiger partial charge in [-0.25, -0.2) is 9.97 Å². The van der Waals surface area contributed by atoms with Gasteiger partial charge in [-0.2, -0.15) is 4.98 Å². The van der Waals surface area contributed by atoms with Gasteiger partial charge in [-0.1, -0.05) is 80.6 Å². The molecule has 2 heterocycles. The molecule has 0 bridgehead atoms. The number of nitrogens with zero attached hydrogens (tertiary/aromatic N) is 5. The minimum Gasteiger partial charge on any atom is -0.467 e. The predicted molar refractivity (Wildman–Crippen MR) is 152 cm³/mol. The number of carbonyl (C=O) groups excluding carboxylic acids is 1. The number of amides is 1. The zero-order valence-electron chi connectivity index (χ0n) is 23.0. The minimum absolute atomic E-state index is 0.0000705. The second kappa shape index (κ2) is 15.3. The number of carbonyl (C=O) groups is 1. The van der Waals surface area contributed by atoms with Crippen LogP contribution in [0.3, 0.4) is 0 Å². The Balaban J connectivity index is 1.74. The van der Waals surface area contributed by atoms with E-state index in [9.17, 15) is 9.59 Å². The molecule has 0 N–H and O–H groups in total. The SMILES string of the molecule is CCCCCCCCN(C)C(=O)Cn1cc(Cc2cnc(OC)nc2)c(=O)nc1SCc1ccc(C)cc1. The number of ether oxygens (including phenoxy) is 1. The summed E-state index contributed by atoms with van der Waals surface area (Å²) < 4.78 is 6.83. The van der Waals surface area contributed by atoms with Crippen LogP contribution < -0.4 is 10.3 Å². The Hall–Kier alpha value is -3.20. The molecule has 0 aliphatic carbocycles. The number of hydrogen-bond donors (Lipinski definition) is 0. The van der Waals surface area contributed by atoms with Crippen LogP contribution in [0.4, 0.5) is 0 Å². The van der Waals surface area contributed by atoms with Gasteiger partial charge in [0.1, 0.15) is 6.54 Å². The number of rotatable bonds is 15. The minimum atomic E-state index is -0.309. The number of benzene rings is 1. The van der Waals surface area contributed by atoms with E-state index in [0.29, 0.717) is 22.9 Å². The fourth-order valence-corrected chi connectivity index (χ4v) is 4.90. The van der Waals surface area contributed by atoms with Crippen LogP contribution in [-0.2, 0) is 23.5 Å². The van der Waals surface area contributed by atoms with Crippen LogP contribution in [0.1, 0.15) is 67.7 Å². The van der Waals surface area contributed by atoms with Crippen molar-refractivity contribution in [3.63, 3.8) is 0 Å². The van der Waals surface area contributed by atoms with E-state index in [4.69, 9.17) is 4.74 Å². The van der Waals surface area contributed by atoms with Gasteiger partial charge in [-0.05, 0) is 24.5 Å². The molecular formula is C29H39N5O3S. The molecular weight excluding hydrogens is 498 g/mol. The molecule has 204 valence electrons. The van der Waals surface area contributed by atoms with Gasteiger partial charge in [0.15, 0.2) is 5.16 Å². The van der Waals surface area contributed by atoms with E-state index in [-0.39, 0.29) is 24.0 Å². The molecule has 8 nitrogen and oxygen atoms in total. The standard InChI is InChI=1S/C29H39N5O3S/c1-5-6-7-8-9-10-15-33(3)26(35)20-34-19-25(16-24-17-30-28(37-4)31-18-24)27(36)32-29(34)38-21-23-13-11-22(2)12-14-23/h11-14,17-19H,5-10,15-16,20-21H2,1-4H3. The van der Waals surface area contributed by atoms with E-state index < -0.39 is 0 Å². The van der Waals surface area contributed by atoms with Gasteiger partial charge in [0.05, 0.1) is 7.11 Å². The lowest BCUT2D eigenvalue weighted by atomic mass is 10.1. The fraction of sp³-hybridized carbons (Fsp3) is 0.483. The Kier molecular flexibility index (Phi) is 11.8. The highest BCUT2D eigenvalue weighted by Crippen LogP contribution is 2.21. The highest BCUT2D eigenvalue weighted by molar-refractivity contribution is 7.98. The first kappa shape index (κ1) is 29.4. The third kappa shape index (κ3) is 9.28. The summed E-state index contributed by atoms with van der Waals surface area (Å²) in [7, 11) is 3.35. The maximum Gasteiger partial charge on any atom is 0.316 e. The van der Waals surface area contributed by atoms with Gasteiger partial charge < -0.3 is 14.2 Å². The van der Waals surface area contributed by atoms with Gasteiger partial charge in [0, 0.05) is 49.9 Å². The Labute approximate surface area is 229 Å². The molecule has 0 spiro atoms. The van der Waals surface area contributed by atoms with E-state index in [1.54, 1.807) is 28.1 Å². The average molecular weight is 538 g/mol. The van der Waals surface area contributed by atoms with Crippen LogP contribution >= 0.6 is 11.8 Å². The van der Waals surface area contributed by atoms with Gasteiger partial charge in [0.2, 0.25) is 5.91 Å². The maximum absolute atomic E-state index is 13.1. The van der Waals surface area contributed by atoms with Crippen LogP contribution in [0.2, 0.25) is 0 Å². The van der Waals surface area contributed by atoms with Crippen molar-refractivity contribution in [2.45, 2.75) is 76.2 Å². The second-order valence-corrected chi connectivity index (χ2v) is 10.5. The molecule has 38 heavy (non-hydrogen) atoms. The summed E-state index contributed by atoms with van der Waals surface area (Å²) in [5.41, 5.74) is 3.27. The topological polar surface area (TPSA) is 90.2 Å². The number of aryl methyl sites for hydroxylation is 1. The Morgan fingerprint density at radius 3 is 2.39 bits per heavy atom. The molecule has 3 aromatic rings. The van der Waals surface area contributed by atoms with Gasteiger partial charge in [-0.15, -0.1) is 0 Å². The zero-order valence-corrected chi connectivity index (χ0v) is 23.8. The Morgan fingerprint density at radius 2 is 1.71 bits per heavy atom. The Morgan fingerprint density at radius 1 is 1.03 bits per heavy atom. The molecule has 0 aliphatic rings. The summed E-state index contributed by atoms with van der Waals surface area (Å²) in [5.74, 6) is 0.653. The highest BCUT2D eigenvalue weighted by Gasteiger charge is 2.16. The first-order chi connectivity index (χ1) is 18.4. The molecule has 0 saturated heterocycles. The van der Waals surface area contributed by atoms with E-state index in [2.05, 4.69) is 53.1 Å². The lowest BCUT2D eigenvalue weighted by molar-refractivity contribution is -0.130. The third-order valence-electron chi connectivity index (χ3n) is 6.36. The Bertz CT molecular complexity index is 1210. The molecule has 0 aliphatic heterocycles. The van der Waals surface area contributed by atoms with Crippen molar-refractivity contribution < 1.29 is 9.53 Å². The smallest absolute Gasteiger partial charge is 0.316 e.